The van der Waals surface area contributed by atoms with Gasteiger partial charge in [-0.25, -0.2) is 4.79 Å². The van der Waals surface area contributed by atoms with Crippen LogP contribution in [0.2, 0.25) is 0 Å². The number of nitro benzene ring substituents is 1. The van der Waals surface area contributed by atoms with Crippen molar-refractivity contribution in [1.82, 2.24) is 0 Å². The average molecular weight is 447 g/mol. The number of hydrogen-bond donors (Lipinski definition) is 0. The lowest BCUT2D eigenvalue weighted by molar-refractivity contribution is -0.391. The SMILES string of the molecule is CCOC(=O)c1cc(Oc2ccc3c(c2)OC(F)(F)C(F)(F)O3)c(OC)cc1[N+](=O)[O-]. The van der Waals surface area contributed by atoms with E-state index in [-0.39, 0.29) is 23.9 Å². The lowest BCUT2D eigenvalue weighted by atomic mass is 10.1. The number of esters is 1. The van der Waals surface area contributed by atoms with Gasteiger partial charge in [0.2, 0.25) is 0 Å². The minimum absolute atomic E-state index is 0.0563. The zero-order valence-electron chi connectivity index (χ0n) is 15.8. The molecule has 9 nitrogen and oxygen atoms in total. The Morgan fingerprint density at radius 2 is 1.71 bits per heavy atom. The Hall–Kier alpha value is -3.77. The molecule has 0 atom stereocenters. The fourth-order valence-corrected chi connectivity index (χ4v) is 2.55. The van der Waals surface area contributed by atoms with Gasteiger partial charge in [-0.2, -0.15) is 17.6 Å². The Balaban J connectivity index is 2.00. The summed E-state index contributed by atoms with van der Waals surface area (Å²) < 4.78 is 76.6. The van der Waals surface area contributed by atoms with Crippen LogP contribution >= 0.6 is 0 Å². The van der Waals surface area contributed by atoms with Crippen molar-refractivity contribution in [2.45, 2.75) is 19.1 Å². The van der Waals surface area contributed by atoms with E-state index in [1.807, 2.05) is 0 Å². The zero-order valence-corrected chi connectivity index (χ0v) is 15.8. The van der Waals surface area contributed by atoms with Crippen LogP contribution in [0.25, 0.3) is 0 Å². The molecule has 2 aromatic rings. The minimum Gasteiger partial charge on any atom is -0.493 e. The Bertz CT molecular complexity index is 1040. The summed E-state index contributed by atoms with van der Waals surface area (Å²) in [5.41, 5.74) is -1.07. The van der Waals surface area contributed by atoms with Crippen LogP contribution in [-0.2, 0) is 4.74 Å². The maximum atomic E-state index is 13.4. The lowest BCUT2D eigenvalue weighted by Gasteiger charge is -2.31. The second-order valence-corrected chi connectivity index (χ2v) is 5.95. The lowest BCUT2D eigenvalue weighted by Crippen LogP contribution is -2.52. The molecular formula is C18H13F4NO8. The fraction of sp³-hybridized carbons (Fsp3) is 0.278. The molecule has 1 heterocycles. The number of rotatable bonds is 6. The third-order valence-electron chi connectivity index (χ3n) is 3.93. The number of methoxy groups -OCH3 is 1. The first-order valence-corrected chi connectivity index (χ1v) is 8.48. The number of benzene rings is 2. The summed E-state index contributed by atoms with van der Waals surface area (Å²) in [6, 6.07) is 4.71. The molecule has 0 unspecified atom stereocenters. The molecule has 1 aliphatic rings. The molecule has 2 aromatic carbocycles. The molecule has 13 heteroatoms. The molecule has 166 valence electrons. The number of ether oxygens (including phenoxy) is 5. The van der Waals surface area contributed by atoms with E-state index in [1.165, 1.54) is 14.0 Å². The van der Waals surface area contributed by atoms with Gasteiger partial charge in [0.15, 0.2) is 23.0 Å². The Kier molecular flexibility index (Phi) is 5.53. The number of nitro groups is 1. The molecule has 3 rings (SSSR count). The zero-order chi connectivity index (χ0) is 23.0. The summed E-state index contributed by atoms with van der Waals surface area (Å²) in [7, 11) is 1.17. The molecule has 0 bridgehead atoms. The second kappa shape index (κ2) is 7.81. The van der Waals surface area contributed by atoms with Gasteiger partial charge in [0.1, 0.15) is 11.3 Å². The van der Waals surface area contributed by atoms with Gasteiger partial charge in [0.05, 0.1) is 24.7 Å². The molecule has 0 aromatic heterocycles. The van der Waals surface area contributed by atoms with Gasteiger partial charge < -0.3 is 23.7 Å². The second-order valence-electron chi connectivity index (χ2n) is 5.95. The third-order valence-corrected chi connectivity index (χ3v) is 3.93. The summed E-state index contributed by atoms with van der Waals surface area (Å²) in [4.78, 5) is 22.5. The van der Waals surface area contributed by atoms with Crippen LogP contribution < -0.4 is 18.9 Å². The van der Waals surface area contributed by atoms with Gasteiger partial charge in [-0.3, -0.25) is 10.1 Å². The Labute approximate surface area is 171 Å². The molecule has 0 spiro atoms. The molecule has 1 aliphatic heterocycles. The van der Waals surface area contributed by atoms with Crippen molar-refractivity contribution in [3.63, 3.8) is 0 Å². The summed E-state index contributed by atoms with van der Waals surface area (Å²) in [6.45, 7) is 1.44. The minimum atomic E-state index is -4.93. The van der Waals surface area contributed by atoms with Gasteiger partial charge in [-0.1, -0.05) is 0 Å². The number of fused-ring (bicyclic) bond motifs is 1. The topological polar surface area (TPSA) is 106 Å². The summed E-state index contributed by atoms with van der Waals surface area (Å²) in [6.07, 6.45) is -9.81. The van der Waals surface area contributed by atoms with Crippen LogP contribution in [0.3, 0.4) is 0 Å². The maximum absolute atomic E-state index is 13.4. The number of carbonyl (C=O) groups is 1. The van der Waals surface area contributed by atoms with Crippen LogP contribution in [0.4, 0.5) is 23.2 Å². The normalized spacial score (nSPS) is 15.7. The average Bonchev–Trinajstić information content (AvgIpc) is 2.68. The number of alkyl halides is 4. The van der Waals surface area contributed by atoms with Gasteiger partial charge in [-0.15, -0.1) is 0 Å². The van der Waals surface area contributed by atoms with Gasteiger partial charge in [-0.05, 0) is 19.1 Å². The van der Waals surface area contributed by atoms with E-state index >= 15 is 0 Å². The summed E-state index contributed by atoms with van der Waals surface area (Å²) in [5.74, 6) is -3.00. The molecular weight excluding hydrogens is 434 g/mol. The first-order chi connectivity index (χ1) is 14.5. The predicted molar refractivity (Wildman–Crippen MR) is 93.3 cm³/mol. The van der Waals surface area contributed by atoms with E-state index in [2.05, 4.69) is 9.47 Å². The largest absolute Gasteiger partial charge is 0.507 e. The van der Waals surface area contributed by atoms with Crippen molar-refractivity contribution in [2.24, 2.45) is 0 Å². The highest BCUT2D eigenvalue weighted by Gasteiger charge is 2.66. The molecule has 0 fully saturated rings. The molecule has 0 saturated heterocycles. The first kappa shape index (κ1) is 21.9. The van der Waals surface area contributed by atoms with Crippen LogP contribution in [-0.4, -0.2) is 36.8 Å². The maximum Gasteiger partial charge on any atom is 0.507 e. The van der Waals surface area contributed by atoms with E-state index in [1.54, 1.807) is 0 Å². The number of nitrogens with zero attached hydrogens (tertiary/aromatic N) is 1. The number of halogens is 4. The van der Waals surface area contributed by atoms with Crippen molar-refractivity contribution >= 4 is 11.7 Å². The highest BCUT2D eigenvalue weighted by Crippen LogP contribution is 2.48. The quantitative estimate of drug-likeness (QED) is 0.275. The molecule has 0 radical (unpaired) electrons. The molecule has 31 heavy (non-hydrogen) atoms. The summed E-state index contributed by atoms with van der Waals surface area (Å²) >= 11 is 0. The van der Waals surface area contributed by atoms with E-state index in [4.69, 9.17) is 14.2 Å². The van der Waals surface area contributed by atoms with E-state index in [0.717, 1.165) is 30.3 Å². The molecule has 0 saturated carbocycles. The van der Waals surface area contributed by atoms with E-state index in [9.17, 15) is 32.5 Å². The Morgan fingerprint density at radius 3 is 2.29 bits per heavy atom. The predicted octanol–water partition coefficient (Wildman–Crippen LogP) is 4.53. The van der Waals surface area contributed by atoms with Crippen LogP contribution in [0.15, 0.2) is 30.3 Å². The van der Waals surface area contributed by atoms with E-state index < -0.39 is 45.9 Å². The van der Waals surface area contributed by atoms with Crippen LogP contribution in [0, 0.1) is 10.1 Å². The van der Waals surface area contributed by atoms with Gasteiger partial charge in [0, 0.05) is 12.1 Å². The van der Waals surface area contributed by atoms with Crippen molar-refractivity contribution in [1.29, 1.82) is 0 Å². The number of hydrogen-bond acceptors (Lipinski definition) is 8. The van der Waals surface area contributed by atoms with Crippen LogP contribution in [0.1, 0.15) is 17.3 Å². The molecule has 0 aliphatic carbocycles. The fourth-order valence-electron chi connectivity index (χ4n) is 2.55. The van der Waals surface area contributed by atoms with Crippen molar-refractivity contribution < 1.29 is 51.0 Å². The van der Waals surface area contributed by atoms with Gasteiger partial charge >= 0.3 is 18.2 Å². The molecule has 0 amide bonds. The van der Waals surface area contributed by atoms with Crippen molar-refractivity contribution in [2.75, 3.05) is 13.7 Å². The molecule has 0 N–H and O–H groups in total. The monoisotopic (exact) mass is 447 g/mol. The smallest absolute Gasteiger partial charge is 0.493 e. The highest BCUT2D eigenvalue weighted by molar-refractivity contribution is 5.95. The van der Waals surface area contributed by atoms with Crippen molar-refractivity contribution in [3.8, 4) is 28.7 Å². The highest BCUT2D eigenvalue weighted by atomic mass is 19.3. The third kappa shape index (κ3) is 4.11. The first-order valence-electron chi connectivity index (χ1n) is 8.48. The summed E-state index contributed by atoms with van der Waals surface area (Å²) in [5, 5.41) is 11.3. The standard InChI is InChI=1S/C18H13F4NO8/c1-3-28-16(24)10-7-14(13(27-2)8-11(10)23(25)26)29-9-4-5-12-15(6-9)31-18(21,22)17(19,20)30-12/h4-8H,3H2,1-2H3. The van der Waals surface area contributed by atoms with Crippen molar-refractivity contribution in [3.05, 3.63) is 46.0 Å². The van der Waals surface area contributed by atoms with E-state index in [0.29, 0.717) is 0 Å². The van der Waals surface area contributed by atoms with Crippen LogP contribution in [0.5, 0.6) is 28.7 Å². The number of carbonyl (C=O) groups excluding carboxylic acids is 1. The Morgan fingerprint density at radius 1 is 1.06 bits per heavy atom. The van der Waals surface area contributed by atoms with Gasteiger partial charge in [0.25, 0.3) is 5.69 Å².